The minimum atomic E-state index is -4.53. The summed E-state index contributed by atoms with van der Waals surface area (Å²) in [6.45, 7) is -0.336. The van der Waals surface area contributed by atoms with Gasteiger partial charge in [-0.15, -0.1) is 0 Å². The molecular weight excluding hydrogens is 375 g/mol. The number of alkyl halides is 3. The lowest BCUT2D eigenvalue weighted by Crippen LogP contribution is -2.34. The van der Waals surface area contributed by atoms with Crippen molar-refractivity contribution in [2.24, 2.45) is 0 Å². The number of hydrogen-bond acceptors (Lipinski definition) is 4. The molecule has 2 rings (SSSR count). The summed E-state index contributed by atoms with van der Waals surface area (Å²) in [6, 6.07) is 12.4. The van der Waals surface area contributed by atoms with Crippen molar-refractivity contribution in [1.29, 1.82) is 0 Å². The number of benzene rings is 2. The van der Waals surface area contributed by atoms with Gasteiger partial charge in [-0.3, -0.25) is 14.4 Å². The molecule has 0 atom stereocenters. The number of amides is 2. The molecule has 0 radical (unpaired) electrons. The number of Topliss-reactive ketones (excluding diaryl/α,β-unsaturated/α-hetero) is 1. The van der Waals surface area contributed by atoms with Crippen LogP contribution in [0.2, 0.25) is 0 Å². The first kappa shape index (κ1) is 20.9. The average Bonchev–Trinajstić information content (AvgIpc) is 2.64. The van der Waals surface area contributed by atoms with E-state index in [9.17, 15) is 27.6 Å². The zero-order valence-corrected chi connectivity index (χ0v) is 14.9. The first-order valence-corrected chi connectivity index (χ1v) is 8.25. The number of ketones is 1. The molecule has 0 unspecified atom stereocenters. The van der Waals surface area contributed by atoms with Gasteiger partial charge < -0.3 is 16.0 Å². The maximum absolute atomic E-state index is 12.3. The number of hydrogen-bond donors (Lipinski definition) is 3. The molecule has 148 valence electrons. The van der Waals surface area contributed by atoms with Crippen molar-refractivity contribution in [3.05, 3.63) is 59.7 Å². The predicted octanol–water partition coefficient (Wildman–Crippen LogP) is 3.23. The summed E-state index contributed by atoms with van der Waals surface area (Å²) < 4.78 is 36.8. The van der Waals surface area contributed by atoms with Gasteiger partial charge >= 0.3 is 6.18 Å². The molecule has 6 nitrogen and oxygen atoms in total. The molecule has 0 aromatic heterocycles. The van der Waals surface area contributed by atoms with Crippen LogP contribution in [-0.2, 0) is 4.79 Å². The summed E-state index contributed by atoms with van der Waals surface area (Å²) in [7, 11) is 0. The number of para-hydroxylation sites is 2. The standard InChI is InChI=1S/C19H18F3N3O3/c1-12(26)13-6-2-5-9-16(13)25-17(27)10-23-15-8-4-3-7-14(15)18(28)24-11-19(20,21)22/h2-9,23H,10-11H2,1H3,(H,24,28)(H,25,27). The maximum atomic E-state index is 12.3. The van der Waals surface area contributed by atoms with Gasteiger partial charge in [0.15, 0.2) is 5.78 Å². The minimum Gasteiger partial charge on any atom is -0.376 e. The van der Waals surface area contributed by atoms with E-state index >= 15 is 0 Å². The normalized spacial score (nSPS) is 10.9. The lowest BCUT2D eigenvalue weighted by molar-refractivity contribution is -0.123. The molecule has 0 aliphatic heterocycles. The summed E-state index contributed by atoms with van der Waals surface area (Å²) in [4.78, 5) is 35.7. The highest BCUT2D eigenvalue weighted by Gasteiger charge is 2.28. The summed E-state index contributed by atoms with van der Waals surface area (Å²) in [6.07, 6.45) is -4.53. The second kappa shape index (κ2) is 9.03. The third kappa shape index (κ3) is 6.11. The van der Waals surface area contributed by atoms with E-state index in [2.05, 4.69) is 10.6 Å². The van der Waals surface area contributed by atoms with Gasteiger partial charge in [-0.1, -0.05) is 24.3 Å². The van der Waals surface area contributed by atoms with Gasteiger partial charge in [0.25, 0.3) is 5.91 Å². The Balaban J connectivity index is 2.02. The summed E-state index contributed by atoms with van der Waals surface area (Å²) >= 11 is 0. The van der Waals surface area contributed by atoms with Gasteiger partial charge in [-0.05, 0) is 31.2 Å². The summed E-state index contributed by atoms with van der Waals surface area (Å²) in [5.74, 6) is -1.61. The molecular formula is C19H18F3N3O3. The van der Waals surface area contributed by atoms with Gasteiger partial charge in [-0.25, -0.2) is 0 Å². The molecule has 28 heavy (non-hydrogen) atoms. The van der Waals surface area contributed by atoms with Crippen LogP contribution in [0.25, 0.3) is 0 Å². The van der Waals surface area contributed by atoms with Crippen molar-refractivity contribution < 1.29 is 27.6 Å². The summed E-state index contributed by atoms with van der Waals surface area (Å²) in [5.41, 5.74) is 0.877. The first-order chi connectivity index (χ1) is 13.2. The predicted molar refractivity (Wildman–Crippen MR) is 98.4 cm³/mol. The molecule has 2 aromatic carbocycles. The summed E-state index contributed by atoms with van der Waals surface area (Å²) in [5, 5.41) is 7.09. The van der Waals surface area contributed by atoms with Crippen LogP contribution in [0.4, 0.5) is 24.5 Å². The largest absolute Gasteiger partial charge is 0.405 e. The SMILES string of the molecule is CC(=O)c1ccccc1NC(=O)CNc1ccccc1C(=O)NCC(F)(F)F. The number of carbonyl (C=O) groups is 3. The molecule has 0 aliphatic carbocycles. The third-order valence-corrected chi connectivity index (χ3v) is 3.64. The van der Waals surface area contributed by atoms with E-state index in [-0.39, 0.29) is 23.6 Å². The van der Waals surface area contributed by atoms with E-state index in [1.165, 1.54) is 25.1 Å². The molecule has 2 aromatic rings. The van der Waals surface area contributed by atoms with Crippen LogP contribution in [0.1, 0.15) is 27.6 Å². The smallest absolute Gasteiger partial charge is 0.376 e. The molecule has 0 spiro atoms. The highest BCUT2D eigenvalue weighted by molar-refractivity contribution is 6.05. The Morgan fingerprint density at radius 2 is 1.46 bits per heavy atom. The Labute approximate surface area is 159 Å². The van der Waals surface area contributed by atoms with Crippen LogP contribution >= 0.6 is 0 Å². The number of carbonyl (C=O) groups excluding carboxylic acids is 3. The molecule has 9 heteroatoms. The van der Waals surface area contributed by atoms with E-state index in [4.69, 9.17) is 0 Å². The molecule has 2 amide bonds. The lowest BCUT2D eigenvalue weighted by Gasteiger charge is -2.14. The fourth-order valence-corrected chi connectivity index (χ4v) is 2.38. The Kier molecular flexibility index (Phi) is 6.75. The molecule has 0 saturated carbocycles. The van der Waals surface area contributed by atoms with Crippen LogP contribution in [0, 0.1) is 0 Å². The van der Waals surface area contributed by atoms with E-state index in [1.54, 1.807) is 35.6 Å². The number of nitrogens with one attached hydrogen (secondary N) is 3. The fraction of sp³-hybridized carbons (Fsp3) is 0.211. The van der Waals surface area contributed by atoms with Crippen molar-refractivity contribution in [2.75, 3.05) is 23.7 Å². The van der Waals surface area contributed by atoms with E-state index in [1.807, 2.05) is 0 Å². The van der Waals surface area contributed by atoms with Crippen LogP contribution in [0.3, 0.4) is 0 Å². The minimum absolute atomic E-state index is 0.0244. The van der Waals surface area contributed by atoms with Gasteiger partial charge in [0.05, 0.1) is 17.8 Å². The highest BCUT2D eigenvalue weighted by Crippen LogP contribution is 2.18. The molecule has 0 fully saturated rings. The van der Waals surface area contributed by atoms with Crippen LogP contribution in [0.15, 0.2) is 48.5 Å². The van der Waals surface area contributed by atoms with Gasteiger partial charge in [-0.2, -0.15) is 13.2 Å². The van der Waals surface area contributed by atoms with Crippen molar-refractivity contribution >= 4 is 29.0 Å². The highest BCUT2D eigenvalue weighted by atomic mass is 19.4. The maximum Gasteiger partial charge on any atom is 0.405 e. The zero-order valence-electron chi connectivity index (χ0n) is 14.9. The van der Waals surface area contributed by atoms with Gasteiger partial charge in [0.1, 0.15) is 6.54 Å². The quantitative estimate of drug-likeness (QED) is 0.631. The van der Waals surface area contributed by atoms with Crippen molar-refractivity contribution in [3.63, 3.8) is 0 Å². The van der Waals surface area contributed by atoms with Crippen molar-refractivity contribution in [3.8, 4) is 0 Å². The Morgan fingerprint density at radius 3 is 2.07 bits per heavy atom. The number of rotatable bonds is 7. The molecule has 0 heterocycles. The fourth-order valence-electron chi connectivity index (χ4n) is 2.38. The monoisotopic (exact) mass is 393 g/mol. The molecule has 0 bridgehead atoms. The third-order valence-electron chi connectivity index (χ3n) is 3.64. The van der Waals surface area contributed by atoms with Crippen LogP contribution in [-0.4, -0.2) is 36.9 Å². The Bertz CT molecular complexity index is 882. The molecule has 3 N–H and O–H groups in total. The van der Waals surface area contributed by atoms with E-state index < -0.39 is 24.5 Å². The van der Waals surface area contributed by atoms with Crippen molar-refractivity contribution in [2.45, 2.75) is 13.1 Å². The second-order valence-electron chi connectivity index (χ2n) is 5.85. The molecule has 0 saturated heterocycles. The Morgan fingerprint density at radius 1 is 0.893 bits per heavy atom. The first-order valence-electron chi connectivity index (χ1n) is 8.25. The van der Waals surface area contributed by atoms with E-state index in [0.29, 0.717) is 11.3 Å². The number of anilines is 2. The zero-order chi connectivity index (χ0) is 20.7. The van der Waals surface area contributed by atoms with Crippen molar-refractivity contribution in [1.82, 2.24) is 5.32 Å². The number of halogens is 3. The van der Waals surface area contributed by atoms with Gasteiger partial charge in [0, 0.05) is 11.3 Å². The molecule has 0 aliphatic rings. The second-order valence-corrected chi connectivity index (χ2v) is 5.85. The van der Waals surface area contributed by atoms with Crippen LogP contribution in [0.5, 0.6) is 0 Å². The topological polar surface area (TPSA) is 87.3 Å². The average molecular weight is 393 g/mol. The lowest BCUT2D eigenvalue weighted by atomic mass is 10.1. The van der Waals surface area contributed by atoms with Gasteiger partial charge in [0.2, 0.25) is 5.91 Å². The van der Waals surface area contributed by atoms with Crippen LogP contribution < -0.4 is 16.0 Å². The van der Waals surface area contributed by atoms with E-state index in [0.717, 1.165) is 0 Å². The Hall–Kier alpha value is -3.36.